The number of aromatic nitrogens is 3. The molecular formula is C12H15N5O3S. The first-order valence-corrected chi connectivity index (χ1v) is 6.92. The number of methoxy groups -OCH3 is 2. The van der Waals surface area contributed by atoms with Gasteiger partial charge in [-0.1, -0.05) is 11.8 Å². The molecule has 0 spiro atoms. The fourth-order valence-electron chi connectivity index (χ4n) is 1.58. The molecule has 3 N–H and O–H groups in total. The third-order valence-electron chi connectivity index (χ3n) is 2.54. The third-order valence-corrected chi connectivity index (χ3v) is 3.50. The topological polar surface area (TPSA) is 104 Å². The molecule has 1 aromatic heterocycles. The smallest absolute Gasteiger partial charge is 0.234 e. The number of hydrogen-bond acceptors (Lipinski definition) is 7. The highest BCUT2D eigenvalue weighted by molar-refractivity contribution is 7.99. The summed E-state index contributed by atoms with van der Waals surface area (Å²) in [4.78, 5) is 11.9. The molecule has 0 atom stereocenters. The van der Waals surface area contributed by atoms with Crippen LogP contribution in [0, 0.1) is 0 Å². The van der Waals surface area contributed by atoms with E-state index in [0.717, 1.165) is 0 Å². The zero-order valence-corrected chi connectivity index (χ0v) is 12.4. The Labute approximate surface area is 125 Å². The van der Waals surface area contributed by atoms with Crippen molar-refractivity contribution in [2.75, 3.05) is 31.1 Å². The minimum atomic E-state index is -0.185. The first-order valence-electron chi connectivity index (χ1n) is 5.94. The van der Waals surface area contributed by atoms with E-state index in [4.69, 9.17) is 15.3 Å². The van der Waals surface area contributed by atoms with Gasteiger partial charge in [0.15, 0.2) is 11.5 Å². The van der Waals surface area contributed by atoms with E-state index in [1.807, 2.05) is 0 Å². The fraction of sp³-hybridized carbons (Fsp3) is 0.250. The van der Waals surface area contributed by atoms with E-state index < -0.39 is 0 Å². The van der Waals surface area contributed by atoms with Crippen molar-refractivity contribution in [2.24, 2.45) is 0 Å². The first-order chi connectivity index (χ1) is 10.1. The van der Waals surface area contributed by atoms with Crippen LogP contribution < -0.4 is 20.6 Å². The summed E-state index contributed by atoms with van der Waals surface area (Å²) in [6, 6.07) is 5.14. The lowest BCUT2D eigenvalue weighted by Crippen LogP contribution is -2.15. The molecule has 0 aliphatic heterocycles. The minimum absolute atomic E-state index is 0.171. The number of hydrogen-bond donors (Lipinski definition) is 2. The Balaban J connectivity index is 1.95. The largest absolute Gasteiger partial charge is 0.493 e. The van der Waals surface area contributed by atoms with E-state index in [1.54, 1.807) is 25.3 Å². The van der Waals surface area contributed by atoms with E-state index in [2.05, 4.69) is 15.5 Å². The van der Waals surface area contributed by atoms with Gasteiger partial charge in [0.05, 0.1) is 20.0 Å². The average Bonchev–Trinajstić information content (AvgIpc) is 2.90. The molecule has 9 heteroatoms. The van der Waals surface area contributed by atoms with Gasteiger partial charge in [0.25, 0.3) is 0 Å². The van der Waals surface area contributed by atoms with Crippen LogP contribution in [0.4, 0.5) is 5.69 Å². The number of carbonyl (C=O) groups excluding carboxylic acids is 1. The molecule has 2 aromatic rings. The average molecular weight is 309 g/mol. The van der Waals surface area contributed by atoms with Crippen LogP contribution in [0.1, 0.15) is 0 Å². The highest BCUT2D eigenvalue weighted by Gasteiger charge is 2.10. The van der Waals surface area contributed by atoms with Crippen molar-refractivity contribution in [1.29, 1.82) is 0 Å². The number of rotatable bonds is 6. The van der Waals surface area contributed by atoms with Crippen LogP contribution >= 0.6 is 11.8 Å². The molecule has 0 saturated carbocycles. The van der Waals surface area contributed by atoms with Crippen molar-refractivity contribution >= 4 is 23.4 Å². The summed E-state index contributed by atoms with van der Waals surface area (Å²) in [5.41, 5.74) is 0.618. The third kappa shape index (κ3) is 3.78. The molecule has 0 radical (unpaired) electrons. The lowest BCUT2D eigenvalue weighted by atomic mass is 10.2. The SMILES string of the molecule is COc1ccc(NC(=O)CSc2nncn2N)cc1OC. The second-order valence-corrected chi connectivity index (χ2v) is 4.87. The van der Waals surface area contributed by atoms with Gasteiger partial charge in [0, 0.05) is 11.8 Å². The standard InChI is InChI=1S/C12H15N5O3S/c1-19-9-4-3-8(5-10(9)20-2)15-11(18)6-21-12-16-14-7-17(12)13/h3-5,7H,6,13H2,1-2H3,(H,15,18). The quantitative estimate of drug-likeness (QED) is 0.599. The number of nitrogen functional groups attached to an aromatic ring is 1. The first kappa shape index (κ1) is 15.0. The molecule has 0 unspecified atom stereocenters. The van der Waals surface area contributed by atoms with E-state index in [1.165, 1.54) is 29.9 Å². The van der Waals surface area contributed by atoms with Crippen molar-refractivity contribution in [1.82, 2.24) is 14.9 Å². The van der Waals surface area contributed by atoms with Crippen molar-refractivity contribution < 1.29 is 14.3 Å². The van der Waals surface area contributed by atoms with Gasteiger partial charge < -0.3 is 20.6 Å². The molecule has 21 heavy (non-hydrogen) atoms. The number of nitrogens with one attached hydrogen (secondary N) is 1. The van der Waals surface area contributed by atoms with Gasteiger partial charge in [0.2, 0.25) is 11.1 Å². The van der Waals surface area contributed by atoms with Gasteiger partial charge in [-0.25, -0.2) is 4.68 Å². The predicted octanol–water partition coefficient (Wildman–Crippen LogP) is 0.740. The van der Waals surface area contributed by atoms with E-state index >= 15 is 0 Å². The van der Waals surface area contributed by atoms with Crippen LogP contribution in [0.25, 0.3) is 0 Å². The van der Waals surface area contributed by atoms with E-state index in [0.29, 0.717) is 22.3 Å². The molecule has 112 valence electrons. The van der Waals surface area contributed by atoms with Gasteiger partial charge in [-0.05, 0) is 12.1 Å². The van der Waals surface area contributed by atoms with Crippen molar-refractivity contribution in [3.63, 3.8) is 0 Å². The molecule has 0 saturated heterocycles. The second-order valence-electron chi connectivity index (χ2n) is 3.93. The fourth-order valence-corrected chi connectivity index (χ4v) is 2.21. The number of nitrogens with zero attached hydrogens (tertiary/aromatic N) is 3. The monoisotopic (exact) mass is 309 g/mol. The normalized spacial score (nSPS) is 10.2. The number of anilines is 1. The van der Waals surface area contributed by atoms with Gasteiger partial charge in [-0.15, -0.1) is 10.2 Å². The zero-order valence-electron chi connectivity index (χ0n) is 11.6. The molecule has 1 amide bonds. The number of amides is 1. The summed E-state index contributed by atoms with van der Waals surface area (Å²) in [6.45, 7) is 0. The summed E-state index contributed by atoms with van der Waals surface area (Å²) < 4.78 is 11.6. The number of thioether (sulfide) groups is 1. The molecule has 1 heterocycles. The van der Waals surface area contributed by atoms with Gasteiger partial charge in [-0.3, -0.25) is 4.79 Å². The number of ether oxygens (including phenoxy) is 2. The van der Waals surface area contributed by atoms with Gasteiger partial charge in [-0.2, -0.15) is 0 Å². The Kier molecular flexibility index (Phi) is 4.88. The molecule has 8 nitrogen and oxygen atoms in total. The summed E-state index contributed by atoms with van der Waals surface area (Å²) in [5.74, 6) is 6.69. The lowest BCUT2D eigenvalue weighted by Gasteiger charge is -2.10. The van der Waals surface area contributed by atoms with Gasteiger partial charge in [0.1, 0.15) is 6.33 Å². The molecule has 2 rings (SSSR count). The van der Waals surface area contributed by atoms with Crippen LogP contribution in [0.2, 0.25) is 0 Å². The zero-order chi connectivity index (χ0) is 15.2. The summed E-state index contributed by atoms with van der Waals surface area (Å²) in [6.07, 6.45) is 1.37. The predicted molar refractivity (Wildman–Crippen MR) is 79.1 cm³/mol. The summed E-state index contributed by atoms with van der Waals surface area (Å²) in [5, 5.41) is 10.6. The highest BCUT2D eigenvalue weighted by atomic mass is 32.2. The van der Waals surface area contributed by atoms with Crippen molar-refractivity contribution in [2.45, 2.75) is 5.16 Å². The molecule has 0 aliphatic rings. The Hall–Kier alpha value is -2.42. The summed E-state index contributed by atoms with van der Waals surface area (Å²) in [7, 11) is 3.09. The van der Waals surface area contributed by atoms with E-state index in [9.17, 15) is 4.79 Å². The van der Waals surface area contributed by atoms with Crippen LogP contribution in [-0.2, 0) is 4.79 Å². The molecular weight excluding hydrogens is 294 g/mol. The Morgan fingerprint density at radius 3 is 2.76 bits per heavy atom. The second kappa shape index (κ2) is 6.84. The van der Waals surface area contributed by atoms with Crippen LogP contribution in [-0.4, -0.2) is 40.8 Å². The lowest BCUT2D eigenvalue weighted by molar-refractivity contribution is -0.113. The molecule has 0 bridgehead atoms. The maximum atomic E-state index is 11.9. The number of benzene rings is 1. The van der Waals surface area contributed by atoms with Crippen LogP contribution in [0.3, 0.4) is 0 Å². The Morgan fingerprint density at radius 1 is 1.38 bits per heavy atom. The maximum Gasteiger partial charge on any atom is 0.234 e. The summed E-state index contributed by atoms with van der Waals surface area (Å²) >= 11 is 1.20. The number of carbonyl (C=O) groups is 1. The Bertz CT molecular complexity index is 631. The molecule has 0 aliphatic carbocycles. The van der Waals surface area contributed by atoms with Crippen molar-refractivity contribution in [3.05, 3.63) is 24.5 Å². The van der Waals surface area contributed by atoms with Gasteiger partial charge >= 0.3 is 0 Å². The Morgan fingerprint density at radius 2 is 2.14 bits per heavy atom. The van der Waals surface area contributed by atoms with Crippen LogP contribution in [0.5, 0.6) is 11.5 Å². The minimum Gasteiger partial charge on any atom is -0.493 e. The number of nitrogens with two attached hydrogens (primary N) is 1. The van der Waals surface area contributed by atoms with Crippen molar-refractivity contribution in [3.8, 4) is 11.5 Å². The van der Waals surface area contributed by atoms with E-state index in [-0.39, 0.29) is 11.7 Å². The molecule has 0 fully saturated rings. The van der Waals surface area contributed by atoms with Crippen LogP contribution in [0.15, 0.2) is 29.7 Å². The molecule has 1 aromatic carbocycles. The highest BCUT2D eigenvalue weighted by Crippen LogP contribution is 2.29. The maximum absolute atomic E-state index is 11.9.